The molecule has 166 valence electrons. The third-order valence-electron chi connectivity index (χ3n) is 4.36. The van der Waals surface area contributed by atoms with Crippen molar-refractivity contribution in [1.29, 1.82) is 0 Å². The molecule has 1 aliphatic heterocycles. The standard InChI is InChI=1S/C21H35N3O4.HI/c1-4-22-21(23-11-6-12-27-18-9-13-26-14-10-18)24-16-17(2)28-20-8-5-7-19(15-20)25-3;/h5,7-8,15,17-18H,4,6,9-14,16H2,1-3H3,(H2,22,23,24);1H. The number of benzene rings is 1. The van der Waals surface area contributed by atoms with Crippen LogP contribution in [0.1, 0.15) is 33.1 Å². The molecule has 1 aliphatic rings. The second-order valence-electron chi connectivity index (χ2n) is 6.79. The van der Waals surface area contributed by atoms with E-state index in [9.17, 15) is 0 Å². The van der Waals surface area contributed by atoms with Gasteiger partial charge in [0, 0.05) is 39.0 Å². The number of hydrogen-bond donors (Lipinski definition) is 2. The van der Waals surface area contributed by atoms with Crippen LogP contribution in [-0.4, -0.2) is 64.7 Å². The molecule has 0 spiro atoms. The van der Waals surface area contributed by atoms with E-state index in [1.54, 1.807) is 7.11 Å². The summed E-state index contributed by atoms with van der Waals surface area (Å²) in [5.41, 5.74) is 0. The summed E-state index contributed by atoms with van der Waals surface area (Å²) in [6.45, 7) is 8.65. The first-order chi connectivity index (χ1) is 13.7. The normalized spacial score (nSPS) is 15.9. The van der Waals surface area contributed by atoms with Crippen molar-refractivity contribution in [2.24, 2.45) is 4.99 Å². The second-order valence-corrected chi connectivity index (χ2v) is 6.79. The van der Waals surface area contributed by atoms with Gasteiger partial charge in [-0.25, -0.2) is 4.99 Å². The van der Waals surface area contributed by atoms with Crippen molar-refractivity contribution in [3.63, 3.8) is 0 Å². The van der Waals surface area contributed by atoms with Crippen molar-refractivity contribution < 1.29 is 18.9 Å². The molecule has 1 atom stereocenters. The van der Waals surface area contributed by atoms with Crippen LogP contribution in [0.2, 0.25) is 0 Å². The van der Waals surface area contributed by atoms with Crippen LogP contribution in [0, 0.1) is 0 Å². The highest BCUT2D eigenvalue weighted by atomic mass is 127. The van der Waals surface area contributed by atoms with Crippen molar-refractivity contribution in [1.82, 2.24) is 10.6 Å². The summed E-state index contributed by atoms with van der Waals surface area (Å²) in [5, 5.41) is 6.62. The van der Waals surface area contributed by atoms with Crippen molar-refractivity contribution in [2.45, 2.75) is 45.3 Å². The molecule has 0 radical (unpaired) electrons. The lowest BCUT2D eigenvalue weighted by atomic mass is 10.1. The molecule has 0 aromatic heterocycles. The Morgan fingerprint density at radius 1 is 1.24 bits per heavy atom. The van der Waals surface area contributed by atoms with Gasteiger partial charge in [-0.2, -0.15) is 0 Å². The van der Waals surface area contributed by atoms with Gasteiger partial charge in [-0.05, 0) is 45.2 Å². The van der Waals surface area contributed by atoms with Gasteiger partial charge in [0.2, 0.25) is 0 Å². The van der Waals surface area contributed by atoms with E-state index in [-0.39, 0.29) is 30.1 Å². The molecule has 0 amide bonds. The minimum Gasteiger partial charge on any atom is -0.497 e. The fourth-order valence-corrected chi connectivity index (χ4v) is 2.88. The fraction of sp³-hybridized carbons (Fsp3) is 0.667. The number of nitrogens with zero attached hydrogens (tertiary/aromatic N) is 1. The average Bonchev–Trinajstić information content (AvgIpc) is 2.72. The highest BCUT2D eigenvalue weighted by molar-refractivity contribution is 14.0. The molecule has 1 heterocycles. The number of ether oxygens (including phenoxy) is 4. The molecule has 1 saturated heterocycles. The van der Waals surface area contributed by atoms with Crippen molar-refractivity contribution in [2.75, 3.05) is 46.6 Å². The van der Waals surface area contributed by atoms with Crippen LogP contribution in [0.25, 0.3) is 0 Å². The first kappa shape index (κ1) is 25.8. The monoisotopic (exact) mass is 521 g/mol. The number of halogens is 1. The largest absolute Gasteiger partial charge is 0.497 e. The van der Waals surface area contributed by atoms with E-state index in [4.69, 9.17) is 18.9 Å². The molecular weight excluding hydrogens is 485 g/mol. The summed E-state index contributed by atoms with van der Waals surface area (Å²) in [6, 6.07) is 7.61. The Hall–Kier alpha value is -1.26. The molecule has 0 bridgehead atoms. The molecule has 29 heavy (non-hydrogen) atoms. The van der Waals surface area contributed by atoms with Gasteiger partial charge in [-0.15, -0.1) is 24.0 Å². The SMILES string of the molecule is CCNC(=NCC(C)Oc1cccc(OC)c1)NCCCOC1CCOCC1.I. The summed E-state index contributed by atoms with van der Waals surface area (Å²) in [7, 11) is 1.65. The van der Waals surface area contributed by atoms with Crippen LogP contribution in [0.4, 0.5) is 0 Å². The van der Waals surface area contributed by atoms with Crippen LogP contribution >= 0.6 is 24.0 Å². The highest BCUT2D eigenvalue weighted by Gasteiger charge is 2.13. The predicted molar refractivity (Wildman–Crippen MR) is 127 cm³/mol. The lowest BCUT2D eigenvalue weighted by Gasteiger charge is -2.22. The Kier molecular flexibility index (Phi) is 13.8. The van der Waals surface area contributed by atoms with E-state index in [1.165, 1.54) is 0 Å². The van der Waals surface area contributed by atoms with Gasteiger partial charge in [0.15, 0.2) is 5.96 Å². The number of guanidine groups is 1. The zero-order valence-corrected chi connectivity index (χ0v) is 20.1. The lowest BCUT2D eigenvalue weighted by Crippen LogP contribution is -2.39. The molecule has 0 saturated carbocycles. The first-order valence-corrected chi connectivity index (χ1v) is 10.2. The van der Waals surface area contributed by atoms with Gasteiger partial charge >= 0.3 is 0 Å². The Morgan fingerprint density at radius 2 is 2.00 bits per heavy atom. The van der Waals surface area contributed by atoms with E-state index >= 15 is 0 Å². The van der Waals surface area contributed by atoms with Gasteiger partial charge in [0.1, 0.15) is 17.6 Å². The molecule has 8 heteroatoms. The first-order valence-electron chi connectivity index (χ1n) is 10.2. The molecule has 1 aromatic carbocycles. The topological polar surface area (TPSA) is 73.3 Å². The van der Waals surface area contributed by atoms with Crippen molar-refractivity contribution >= 4 is 29.9 Å². The van der Waals surface area contributed by atoms with Crippen molar-refractivity contribution in [3.8, 4) is 11.5 Å². The summed E-state index contributed by atoms with van der Waals surface area (Å²) < 4.78 is 22.4. The summed E-state index contributed by atoms with van der Waals surface area (Å²) in [6.07, 6.45) is 3.26. The molecule has 2 rings (SSSR count). The smallest absolute Gasteiger partial charge is 0.191 e. The van der Waals surface area contributed by atoms with Gasteiger partial charge in [0.05, 0.1) is 19.8 Å². The van der Waals surface area contributed by atoms with E-state index < -0.39 is 0 Å². The summed E-state index contributed by atoms with van der Waals surface area (Å²) in [4.78, 5) is 4.62. The van der Waals surface area contributed by atoms with Gasteiger partial charge in [-0.1, -0.05) is 6.07 Å². The van der Waals surface area contributed by atoms with Crippen LogP contribution in [0.3, 0.4) is 0 Å². The van der Waals surface area contributed by atoms with Crippen molar-refractivity contribution in [3.05, 3.63) is 24.3 Å². The number of methoxy groups -OCH3 is 1. The van der Waals surface area contributed by atoms with Gasteiger partial charge in [0.25, 0.3) is 0 Å². The van der Waals surface area contributed by atoms with E-state index in [0.29, 0.717) is 12.6 Å². The van der Waals surface area contributed by atoms with Crippen LogP contribution < -0.4 is 20.1 Å². The van der Waals surface area contributed by atoms with E-state index in [1.807, 2.05) is 31.2 Å². The van der Waals surface area contributed by atoms with Crippen LogP contribution in [0.15, 0.2) is 29.3 Å². The van der Waals surface area contributed by atoms with E-state index in [0.717, 1.165) is 69.6 Å². The molecule has 1 aromatic rings. The second kappa shape index (κ2) is 15.6. The maximum atomic E-state index is 5.92. The number of aliphatic imine (C=N–C) groups is 1. The minimum absolute atomic E-state index is 0. The lowest BCUT2D eigenvalue weighted by molar-refractivity contribution is -0.0320. The van der Waals surface area contributed by atoms with Gasteiger partial charge in [-0.3, -0.25) is 0 Å². The number of rotatable bonds is 11. The Balaban J connectivity index is 0.00000420. The fourth-order valence-electron chi connectivity index (χ4n) is 2.88. The van der Waals surface area contributed by atoms with Crippen LogP contribution in [-0.2, 0) is 9.47 Å². The van der Waals surface area contributed by atoms with Crippen LogP contribution in [0.5, 0.6) is 11.5 Å². The molecule has 0 aliphatic carbocycles. The zero-order valence-electron chi connectivity index (χ0n) is 17.8. The maximum Gasteiger partial charge on any atom is 0.191 e. The summed E-state index contributed by atoms with van der Waals surface area (Å²) >= 11 is 0. The molecular formula is C21H36IN3O4. The third kappa shape index (κ3) is 10.9. The third-order valence-corrected chi connectivity index (χ3v) is 4.36. The van der Waals surface area contributed by atoms with Gasteiger partial charge < -0.3 is 29.6 Å². The summed E-state index contributed by atoms with van der Waals surface area (Å²) in [5.74, 6) is 2.37. The number of hydrogen-bond acceptors (Lipinski definition) is 5. The maximum absolute atomic E-state index is 5.92. The highest BCUT2D eigenvalue weighted by Crippen LogP contribution is 2.19. The Labute approximate surface area is 191 Å². The zero-order chi connectivity index (χ0) is 20.0. The predicted octanol–water partition coefficient (Wildman–Crippen LogP) is 3.22. The quantitative estimate of drug-likeness (QED) is 0.202. The average molecular weight is 521 g/mol. The molecule has 1 fully saturated rings. The molecule has 2 N–H and O–H groups in total. The van der Waals surface area contributed by atoms with E-state index in [2.05, 4.69) is 22.5 Å². The Bertz CT molecular complexity index is 583. The minimum atomic E-state index is -0.0422. The molecule has 1 unspecified atom stereocenters. The Morgan fingerprint density at radius 3 is 2.72 bits per heavy atom. The number of nitrogens with one attached hydrogen (secondary N) is 2. The molecule has 7 nitrogen and oxygen atoms in total.